The molecule has 2 heterocycles. The first-order chi connectivity index (χ1) is 13.8. The van der Waals surface area contributed by atoms with Crippen LogP contribution in [0.5, 0.6) is 0 Å². The number of hydrogen-bond donors (Lipinski definition) is 1. The fourth-order valence-electron chi connectivity index (χ4n) is 3.18. The van der Waals surface area contributed by atoms with Gasteiger partial charge in [-0.15, -0.1) is 0 Å². The van der Waals surface area contributed by atoms with Crippen LogP contribution in [0.15, 0.2) is 36.5 Å². The van der Waals surface area contributed by atoms with Crippen molar-refractivity contribution in [2.45, 2.75) is 31.5 Å². The fourth-order valence-corrected chi connectivity index (χ4v) is 3.36. The van der Waals surface area contributed by atoms with Crippen LogP contribution in [0.3, 0.4) is 0 Å². The number of likely N-dealkylation sites (tertiary alicyclic amines) is 1. The highest BCUT2D eigenvalue weighted by molar-refractivity contribution is 6.31. The fraction of sp³-hybridized carbons (Fsp3) is 0.400. The van der Waals surface area contributed by atoms with Gasteiger partial charge in [0, 0.05) is 56.3 Å². The normalized spacial score (nSPS) is 16.3. The highest BCUT2D eigenvalue weighted by Crippen LogP contribution is 2.27. The number of nitrogens with zero attached hydrogens (tertiary/aromatic N) is 2. The molecule has 9 heteroatoms. The molecule has 0 aliphatic carbocycles. The van der Waals surface area contributed by atoms with Crippen LogP contribution in [-0.2, 0) is 6.54 Å². The third-order valence-corrected chi connectivity index (χ3v) is 5.25. The van der Waals surface area contributed by atoms with E-state index in [1.165, 1.54) is 29.2 Å². The van der Waals surface area contributed by atoms with E-state index in [0.29, 0.717) is 5.69 Å². The zero-order valence-electron chi connectivity index (χ0n) is 15.5. The first-order valence-electron chi connectivity index (χ1n) is 9.14. The summed E-state index contributed by atoms with van der Waals surface area (Å²) in [6.07, 6.45) is -1.16. The molecule has 1 aliphatic rings. The highest BCUT2D eigenvalue weighted by Gasteiger charge is 2.36. The van der Waals surface area contributed by atoms with Gasteiger partial charge < -0.3 is 10.2 Å². The van der Waals surface area contributed by atoms with Gasteiger partial charge in [-0.2, -0.15) is 0 Å². The van der Waals surface area contributed by atoms with Crippen LogP contribution >= 0.6 is 11.6 Å². The van der Waals surface area contributed by atoms with E-state index in [-0.39, 0.29) is 61.1 Å². The number of nitrogens with one attached hydrogen (secondary N) is 1. The van der Waals surface area contributed by atoms with Gasteiger partial charge in [-0.1, -0.05) is 11.6 Å². The van der Waals surface area contributed by atoms with Crippen molar-refractivity contribution in [2.24, 2.45) is 0 Å². The van der Waals surface area contributed by atoms with Gasteiger partial charge >= 0.3 is 0 Å². The van der Waals surface area contributed by atoms with Crippen LogP contribution in [0.25, 0.3) is 0 Å². The predicted molar refractivity (Wildman–Crippen MR) is 101 cm³/mol. The molecule has 1 amide bonds. The number of amides is 1. The molecule has 4 nitrogen and oxygen atoms in total. The Kier molecular flexibility index (Phi) is 6.74. The van der Waals surface area contributed by atoms with Gasteiger partial charge in [-0.3, -0.25) is 9.78 Å². The largest absolute Gasteiger partial charge is 0.338 e. The van der Waals surface area contributed by atoms with Crippen LogP contribution in [0.2, 0.25) is 5.02 Å². The summed E-state index contributed by atoms with van der Waals surface area (Å²) >= 11 is 5.72. The zero-order chi connectivity index (χ0) is 21.0. The summed E-state index contributed by atoms with van der Waals surface area (Å²) in [7, 11) is 0. The number of carbonyl (C=O) groups excluding carboxylic acids is 1. The minimum Gasteiger partial charge on any atom is -0.338 e. The lowest BCUT2D eigenvalue weighted by molar-refractivity contribution is 0.0434. The van der Waals surface area contributed by atoms with Crippen molar-refractivity contribution in [3.8, 4) is 0 Å². The zero-order valence-corrected chi connectivity index (χ0v) is 16.2. The Morgan fingerprint density at radius 1 is 1.24 bits per heavy atom. The van der Waals surface area contributed by atoms with Gasteiger partial charge in [0.05, 0.1) is 10.7 Å². The number of rotatable bonds is 6. The van der Waals surface area contributed by atoms with Crippen LogP contribution in [0.4, 0.5) is 17.6 Å². The molecule has 0 spiro atoms. The Morgan fingerprint density at radius 3 is 2.55 bits per heavy atom. The summed E-state index contributed by atoms with van der Waals surface area (Å²) in [5.74, 6) is -0.917. The summed E-state index contributed by atoms with van der Waals surface area (Å²) < 4.78 is 53.3. The molecular formula is C20H20ClF4N3O. The topological polar surface area (TPSA) is 45.2 Å². The van der Waals surface area contributed by atoms with E-state index in [9.17, 15) is 18.0 Å². The Balaban J connectivity index is 1.48. The summed E-state index contributed by atoms with van der Waals surface area (Å²) in [4.78, 5) is 17.9. The van der Waals surface area contributed by atoms with Gasteiger partial charge in [-0.25, -0.2) is 17.6 Å². The average Bonchev–Trinajstić information content (AvgIpc) is 2.70. The van der Waals surface area contributed by atoms with Gasteiger partial charge in [0.1, 0.15) is 11.5 Å². The van der Waals surface area contributed by atoms with Crippen LogP contribution in [0.1, 0.15) is 40.9 Å². The number of hydrogen-bond acceptors (Lipinski definition) is 3. The van der Waals surface area contributed by atoms with E-state index in [4.69, 9.17) is 11.6 Å². The van der Waals surface area contributed by atoms with Crippen molar-refractivity contribution in [3.05, 3.63) is 64.2 Å². The smallest absolute Gasteiger partial charge is 0.265 e. The van der Waals surface area contributed by atoms with E-state index >= 15 is 4.39 Å². The summed E-state index contributed by atoms with van der Waals surface area (Å²) in [6.45, 7) is 0.780. The van der Waals surface area contributed by atoms with E-state index in [1.54, 1.807) is 0 Å². The van der Waals surface area contributed by atoms with Crippen molar-refractivity contribution < 1.29 is 22.4 Å². The molecule has 1 fully saturated rings. The van der Waals surface area contributed by atoms with Crippen molar-refractivity contribution in [3.63, 3.8) is 0 Å². The Hall–Kier alpha value is -2.19. The van der Waals surface area contributed by atoms with Gasteiger partial charge in [0.25, 0.3) is 12.3 Å². The molecule has 29 heavy (non-hydrogen) atoms. The number of alkyl halides is 3. The third kappa shape index (κ3) is 5.45. The number of carbonyl (C=O) groups is 1. The number of halogens is 5. The molecule has 1 aromatic heterocycles. The molecule has 1 aliphatic heterocycles. The van der Waals surface area contributed by atoms with Crippen molar-refractivity contribution in [1.29, 1.82) is 0 Å². The van der Waals surface area contributed by atoms with Crippen molar-refractivity contribution in [1.82, 2.24) is 15.2 Å². The molecule has 3 rings (SSSR count). The number of aromatic nitrogens is 1. The Bertz CT molecular complexity index is 855. The Labute approximate surface area is 170 Å². The molecule has 156 valence electrons. The maximum atomic E-state index is 15.0. The molecule has 0 atom stereocenters. The van der Waals surface area contributed by atoms with Crippen LogP contribution in [0, 0.1) is 5.82 Å². The molecule has 0 saturated carbocycles. The maximum Gasteiger partial charge on any atom is 0.265 e. The second kappa shape index (κ2) is 9.09. The minimum atomic E-state index is -2.57. The molecule has 1 N–H and O–H groups in total. The second-order valence-electron chi connectivity index (χ2n) is 7.06. The van der Waals surface area contributed by atoms with Crippen LogP contribution < -0.4 is 5.32 Å². The number of piperidine rings is 1. The first-order valence-corrected chi connectivity index (χ1v) is 9.52. The number of benzene rings is 1. The third-order valence-electron chi connectivity index (χ3n) is 4.96. The van der Waals surface area contributed by atoms with E-state index in [1.807, 2.05) is 0 Å². The SMILES string of the molecule is O=C(c1ccc(F)c(Cl)c1)N1CCC(F)(CNCc2ccc(C(F)F)cn2)CC1. The Morgan fingerprint density at radius 2 is 1.97 bits per heavy atom. The first kappa shape index (κ1) is 21.5. The molecule has 1 saturated heterocycles. The standard InChI is InChI=1S/C20H20ClF4N3O/c21-16-9-13(2-4-17(16)22)19(29)28-7-5-20(25,6-8-28)12-26-11-15-3-1-14(10-27-15)18(23)24/h1-4,9-10,18,26H,5-8,11-12H2. The second-order valence-corrected chi connectivity index (χ2v) is 7.47. The number of pyridine rings is 1. The predicted octanol–water partition coefficient (Wildman–Crippen LogP) is 4.55. The highest BCUT2D eigenvalue weighted by atomic mass is 35.5. The van der Waals surface area contributed by atoms with Gasteiger partial charge in [0.2, 0.25) is 0 Å². The molecular weight excluding hydrogens is 410 g/mol. The summed E-state index contributed by atoms with van der Waals surface area (Å²) in [5, 5.41) is 2.83. The molecule has 0 radical (unpaired) electrons. The lowest BCUT2D eigenvalue weighted by atomic mass is 9.92. The van der Waals surface area contributed by atoms with Crippen LogP contribution in [-0.4, -0.2) is 41.1 Å². The molecule has 0 bridgehead atoms. The van der Waals surface area contributed by atoms with E-state index in [0.717, 1.165) is 12.3 Å². The molecule has 2 aromatic rings. The summed E-state index contributed by atoms with van der Waals surface area (Å²) in [6, 6.07) is 6.53. The van der Waals surface area contributed by atoms with Crippen molar-refractivity contribution >= 4 is 17.5 Å². The monoisotopic (exact) mass is 429 g/mol. The van der Waals surface area contributed by atoms with Gasteiger partial charge in [0.15, 0.2) is 0 Å². The van der Waals surface area contributed by atoms with Gasteiger partial charge in [-0.05, 0) is 30.3 Å². The lowest BCUT2D eigenvalue weighted by Crippen LogP contribution is -2.48. The molecule has 1 aromatic carbocycles. The lowest BCUT2D eigenvalue weighted by Gasteiger charge is -2.36. The minimum absolute atomic E-state index is 0.0652. The van der Waals surface area contributed by atoms with Crippen molar-refractivity contribution in [2.75, 3.05) is 19.6 Å². The molecule has 0 unspecified atom stereocenters. The maximum absolute atomic E-state index is 15.0. The van der Waals surface area contributed by atoms with E-state index < -0.39 is 17.9 Å². The average molecular weight is 430 g/mol. The quantitative estimate of drug-likeness (QED) is 0.685. The summed E-state index contributed by atoms with van der Waals surface area (Å²) in [5.41, 5.74) is -0.839. The van der Waals surface area contributed by atoms with E-state index in [2.05, 4.69) is 10.3 Å².